The van der Waals surface area contributed by atoms with Crippen molar-refractivity contribution >= 4 is 40.1 Å². The number of anilines is 3. The second kappa shape index (κ2) is 8.61. The highest BCUT2D eigenvalue weighted by molar-refractivity contribution is 6.35. The number of halogens is 1. The number of rotatable bonds is 6. The molecule has 1 aliphatic carbocycles. The van der Waals surface area contributed by atoms with Crippen LogP contribution in [-0.2, 0) is 6.42 Å². The van der Waals surface area contributed by atoms with Crippen LogP contribution in [-0.4, -0.2) is 31.0 Å². The van der Waals surface area contributed by atoms with Crippen LogP contribution in [0.5, 0.6) is 0 Å². The van der Waals surface area contributed by atoms with Gasteiger partial charge in [0.2, 0.25) is 5.95 Å². The van der Waals surface area contributed by atoms with Crippen molar-refractivity contribution in [1.29, 1.82) is 5.26 Å². The Morgan fingerprint density at radius 3 is 2.79 bits per heavy atom. The lowest BCUT2D eigenvalue weighted by molar-refractivity contribution is 0.804. The SMILES string of the molecule is N#Cc1c(N)nc(N)nc1NCCc1nc2cccc(Cl)c2c(=O)n1-c1cncc(C2CC2)c1. The maximum absolute atomic E-state index is 13.6. The zero-order chi connectivity index (χ0) is 23.8. The molecule has 1 fully saturated rings. The van der Waals surface area contributed by atoms with Crippen LogP contribution in [0.25, 0.3) is 16.6 Å². The van der Waals surface area contributed by atoms with Gasteiger partial charge in [-0.2, -0.15) is 15.2 Å². The Balaban J connectivity index is 1.56. The number of nitrogens with one attached hydrogen (secondary N) is 1. The largest absolute Gasteiger partial charge is 0.382 e. The Morgan fingerprint density at radius 2 is 2.03 bits per heavy atom. The third-order valence-corrected chi connectivity index (χ3v) is 5.99. The summed E-state index contributed by atoms with van der Waals surface area (Å²) in [6.07, 6.45) is 6.05. The van der Waals surface area contributed by atoms with Gasteiger partial charge in [0, 0.05) is 19.2 Å². The molecule has 1 aliphatic rings. The Kier molecular flexibility index (Phi) is 5.47. The van der Waals surface area contributed by atoms with Crippen LogP contribution in [0.3, 0.4) is 0 Å². The molecule has 3 heterocycles. The van der Waals surface area contributed by atoms with Crippen LogP contribution in [0, 0.1) is 11.3 Å². The number of benzene rings is 1. The van der Waals surface area contributed by atoms with Gasteiger partial charge in [-0.1, -0.05) is 17.7 Å². The van der Waals surface area contributed by atoms with E-state index < -0.39 is 0 Å². The lowest BCUT2D eigenvalue weighted by Gasteiger charge is -2.15. The van der Waals surface area contributed by atoms with Crippen molar-refractivity contribution in [3.63, 3.8) is 0 Å². The lowest BCUT2D eigenvalue weighted by Crippen LogP contribution is -2.26. The molecule has 0 atom stereocenters. The number of nitrogens with zero attached hydrogens (tertiary/aromatic N) is 6. The summed E-state index contributed by atoms with van der Waals surface area (Å²) in [6.45, 7) is 0.304. The van der Waals surface area contributed by atoms with Crippen molar-refractivity contribution in [1.82, 2.24) is 24.5 Å². The first-order valence-electron chi connectivity index (χ1n) is 10.7. The van der Waals surface area contributed by atoms with E-state index in [-0.39, 0.29) is 28.7 Å². The molecule has 11 heteroatoms. The molecule has 0 bridgehead atoms. The van der Waals surface area contributed by atoms with E-state index >= 15 is 0 Å². The molecular formula is C23H20ClN9O. The number of pyridine rings is 1. The first-order valence-corrected chi connectivity index (χ1v) is 11.1. The van der Waals surface area contributed by atoms with E-state index in [0.717, 1.165) is 18.4 Å². The summed E-state index contributed by atoms with van der Waals surface area (Å²) in [6, 6.07) is 9.13. The predicted octanol–water partition coefficient (Wildman–Crippen LogP) is 2.79. The molecule has 5 rings (SSSR count). The third kappa shape index (κ3) is 3.97. The molecule has 34 heavy (non-hydrogen) atoms. The minimum absolute atomic E-state index is 0.00385. The Hall–Kier alpha value is -4.23. The van der Waals surface area contributed by atoms with E-state index in [4.69, 9.17) is 28.1 Å². The molecule has 5 N–H and O–H groups in total. The first-order chi connectivity index (χ1) is 16.5. The van der Waals surface area contributed by atoms with Crippen LogP contribution < -0.4 is 22.3 Å². The van der Waals surface area contributed by atoms with Crippen molar-refractivity contribution in [3.8, 4) is 11.8 Å². The Bertz CT molecular complexity index is 1520. The predicted molar refractivity (Wildman–Crippen MR) is 130 cm³/mol. The number of nitrogens with two attached hydrogens (primary N) is 2. The van der Waals surface area contributed by atoms with Crippen LogP contribution in [0.15, 0.2) is 41.5 Å². The minimum Gasteiger partial charge on any atom is -0.382 e. The summed E-state index contributed by atoms with van der Waals surface area (Å²) >= 11 is 6.36. The molecule has 1 aromatic carbocycles. The van der Waals surface area contributed by atoms with Crippen molar-refractivity contribution in [3.05, 3.63) is 69.0 Å². The monoisotopic (exact) mass is 473 g/mol. The van der Waals surface area contributed by atoms with E-state index in [2.05, 4.69) is 20.3 Å². The average Bonchev–Trinajstić information content (AvgIpc) is 3.65. The number of nitrogen functional groups attached to an aromatic ring is 2. The molecule has 10 nitrogen and oxygen atoms in total. The zero-order valence-corrected chi connectivity index (χ0v) is 18.8. The summed E-state index contributed by atoms with van der Waals surface area (Å²) in [5.74, 6) is 1.16. The van der Waals surface area contributed by atoms with Gasteiger partial charge in [0.15, 0.2) is 5.82 Å². The normalized spacial score (nSPS) is 13.1. The van der Waals surface area contributed by atoms with Crippen LogP contribution in [0.2, 0.25) is 5.02 Å². The summed E-state index contributed by atoms with van der Waals surface area (Å²) in [7, 11) is 0. The summed E-state index contributed by atoms with van der Waals surface area (Å²) in [5, 5.41) is 13.1. The molecular weight excluding hydrogens is 454 g/mol. The molecule has 4 aromatic rings. The van der Waals surface area contributed by atoms with Gasteiger partial charge in [-0.15, -0.1) is 0 Å². The lowest BCUT2D eigenvalue weighted by atomic mass is 10.1. The van der Waals surface area contributed by atoms with Crippen molar-refractivity contribution < 1.29 is 0 Å². The number of hydrogen-bond acceptors (Lipinski definition) is 9. The second-order valence-electron chi connectivity index (χ2n) is 8.03. The fraction of sp³-hybridized carbons (Fsp3) is 0.217. The van der Waals surface area contributed by atoms with E-state index in [1.54, 1.807) is 29.0 Å². The van der Waals surface area contributed by atoms with Gasteiger partial charge in [0.05, 0.1) is 27.8 Å². The maximum atomic E-state index is 13.6. The fourth-order valence-corrected chi connectivity index (χ4v) is 4.15. The quantitative estimate of drug-likeness (QED) is 0.382. The van der Waals surface area contributed by atoms with Gasteiger partial charge in [0.1, 0.15) is 23.3 Å². The van der Waals surface area contributed by atoms with Crippen LogP contribution >= 0.6 is 11.6 Å². The van der Waals surface area contributed by atoms with Gasteiger partial charge in [-0.3, -0.25) is 14.3 Å². The number of nitriles is 1. The molecule has 3 aromatic heterocycles. The van der Waals surface area contributed by atoms with Crippen molar-refractivity contribution in [2.24, 2.45) is 0 Å². The molecule has 170 valence electrons. The maximum Gasteiger partial charge on any atom is 0.267 e. The molecule has 0 aliphatic heterocycles. The third-order valence-electron chi connectivity index (χ3n) is 5.68. The topological polar surface area (TPSA) is 161 Å². The van der Waals surface area contributed by atoms with E-state index in [1.165, 1.54) is 0 Å². The fourth-order valence-electron chi connectivity index (χ4n) is 3.90. The molecule has 0 radical (unpaired) electrons. The first kappa shape index (κ1) is 21.6. The van der Waals surface area contributed by atoms with Gasteiger partial charge in [0.25, 0.3) is 5.56 Å². The standard InChI is InChI=1S/C23H20ClN9O/c24-16-2-1-3-17-19(16)22(34)33(14-8-13(10-28-11-14)12-4-5-12)18(30-17)6-7-29-21-15(9-25)20(26)31-23(27)32-21/h1-3,8,10-12H,4-7H2,(H5,26,27,29,31,32). The van der Waals surface area contributed by atoms with Gasteiger partial charge in [-0.25, -0.2) is 4.98 Å². The van der Waals surface area contributed by atoms with Gasteiger partial charge >= 0.3 is 0 Å². The smallest absolute Gasteiger partial charge is 0.267 e. The Morgan fingerprint density at radius 1 is 1.21 bits per heavy atom. The number of aromatic nitrogens is 5. The summed E-state index contributed by atoms with van der Waals surface area (Å²) < 4.78 is 1.54. The molecule has 0 spiro atoms. The van der Waals surface area contributed by atoms with Gasteiger partial charge in [-0.05, 0) is 42.5 Å². The van der Waals surface area contributed by atoms with Crippen molar-refractivity contribution in [2.45, 2.75) is 25.2 Å². The highest BCUT2D eigenvalue weighted by Gasteiger charge is 2.25. The van der Waals surface area contributed by atoms with E-state index in [1.807, 2.05) is 18.3 Å². The van der Waals surface area contributed by atoms with Gasteiger partial charge < -0.3 is 16.8 Å². The highest BCUT2D eigenvalue weighted by Crippen LogP contribution is 2.40. The highest BCUT2D eigenvalue weighted by atomic mass is 35.5. The average molecular weight is 474 g/mol. The number of fused-ring (bicyclic) bond motifs is 1. The molecule has 0 unspecified atom stereocenters. The summed E-state index contributed by atoms with van der Waals surface area (Å²) in [4.78, 5) is 30.6. The van der Waals surface area contributed by atoms with E-state index in [0.29, 0.717) is 46.3 Å². The Labute approximate surface area is 199 Å². The molecule has 1 saturated carbocycles. The van der Waals surface area contributed by atoms with E-state index in [9.17, 15) is 10.1 Å². The van der Waals surface area contributed by atoms with Crippen LogP contribution in [0.1, 0.15) is 35.7 Å². The molecule has 0 amide bonds. The summed E-state index contributed by atoms with van der Waals surface area (Å²) in [5.41, 5.74) is 13.5. The zero-order valence-electron chi connectivity index (χ0n) is 18.0. The second-order valence-corrected chi connectivity index (χ2v) is 8.44. The molecule has 0 saturated heterocycles. The van der Waals surface area contributed by atoms with Crippen LogP contribution in [0.4, 0.5) is 17.6 Å². The van der Waals surface area contributed by atoms with Crippen molar-refractivity contribution in [2.75, 3.05) is 23.3 Å². The minimum atomic E-state index is -0.270. The number of hydrogen-bond donors (Lipinski definition) is 3.